The van der Waals surface area contributed by atoms with Crippen LogP contribution < -0.4 is 5.32 Å². The van der Waals surface area contributed by atoms with Crippen molar-refractivity contribution in [1.29, 1.82) is 5.26 Å². The number of aliphatic carboxylic acids is 1. The normalized spacial score (nSPS) is 11.2. The summed E-state index contributed by atoms with van der Waals surface area (Å²) in [4.78, 5) is 14.7. The molecular formula is C11H11N3O2. The molecule has 0 aliphatic rings. The molecule has 0 aromatic carbocycles. The average Bonchev–Trinajstić information content (AvgIpc) is 2.29. The van der Waals surface area contributed by atoms with Crippen molar-refractivity contribution in [1.82, 2.24) is 4.98 Å². The maximum Gasteiger partial charge on any atom is 0.326 e. The van der Waals surface area contributed by atoms with Gasteiger partial charge in [0.15, 0.2) is 0 Å². The van der Waals surface area contributed by atoms with Crippen LogP contribution in [0.2, 0.25) is 0 Å². The topological polar surface area (TPSA) is 86.0 Å². The summed E-state index contributed by atoms with van der Waals surface area (Å²) in [5, 5.41) is 20.2. The molecule has 0 fully saturated rings. The number of anilines is 1. The molecule has 82 valence electrons. The van der Waals surface area contributed by atoms with Crippen molar-refractivity contribution in [3.8, 4) is 6.07 Å². The van der Waals surface area contributed by atoms with Crippen molar-refractivity contribution in [3.63, 3.8) is 0 Å². The van der Waals surface area contributed by atoms with Gasteiger partial charge in [-0.05, 0) is 18.6 Å². The zero-order valence-corrected chi connectivity index (χ0v) is 8.55. The fourth-order valence-electron chi connectivity index (χ4n) is 1.13. The monoisotopic (exact) mass is 217 g/mol. The Morgan fingerprint density at radius 3 is 2.94 bits per heavy atom. The van der Waals surface area contributed by atoms with Crippen molar-refractivity contribution in [2.24, 2.45) is 0 Å². The lowest BCUT2D eigenvalue weighted by molar-refractivity contribution is -0.137. The van der Waals surface area contributed by atoms with Gasteiger partial charge < -0.3 is 10.4 Å². The highest BCUT2D eigenvalue weighted by atomic mass is 16.4. The van der Waals surface area contributed by atoms with Crippen molar-refractivity contribution >= 4 is 11.7 Å². The van der Waals surface area contributed by atoms with E-state index in [4.69, 9.17) is 10.4 Å². The summed E-state index contributed by atoms with van der Waals surface area (Å²) in [6, 6.07) is 4.29. The first-order valence-corrected chi connectivity index (χ1v) is 4.63. The lowest BCUT2D eigenvalue weighted by Crippen LogP contribution is -2.28. The first-order valence-electron chi connectivity index (χ1n) is 4.63. The Kier molecular flexibility index (Phi) is 4.04. The van der Waals surface area contributed by atoms with Crippen LogP contribution in [0.3, 0.4) is 0 Å². The minimum absolute atomic E-state index is 0.293. The van der Waals surface area contributed by atoms with E-state index in [1.807, 2.05) is 6.07 Å². The molecule has 0 saturated heterocycles. The number of carboxylic acid groups (broad SMARTS) is 1. The third-order valence-electron chi connectivity index (χ3n) is 1.92. The molecule has 0 amide bonds. The molecule has 5 nitrogen and oxygen atoms in total. The summed E-state index contributed by atoms with van der Waals surface area (Å²) >= 11 is 0. The second-order valence-corrected chi connectivity index (χ2v) is 3.10. The van der Waals surface area contributed by atoms with Crippen LogP contribution in [0.4, 0.5) is 5.69 Å². The third-order valence-corrected chi connectivity index (χ3v) is 1.92. The number of nitriles is 1. The Balaban J connectivity index is 2.74. The molecule has 0 aliphatic heterocycles. The lowest BCUT2D eigenvalue weighted by Gasteiger charge is -2.13. The number of pyridine rings is 1. The average molecular weight is 217 g/mol. The first kappa shape index (κ1) is 11.7. The number of carboxylic acids is 1. The zero-order chi connectivity index (χ0) is 12.0. The number of rotatable bonds is 5. The number of hydrogen-bond acceptors (Lipinski definition) is 4. The maximum absolute atomic E-state index is 10.8. The predicted molar refractivity (Wildman–Crippen MR) is 58.8 cm³/mol. The molecule has 5 heteroatoms. The van der Waals surface area contributed by atoms with Gasteiger partial charge in [0, 0.05) is 0 Å². The Bertz CT molecular complexity index is 420. The van der Waals surface area contributed by atoms with E-state index in [0.717, 1.165) is 0 Å². The molecule has 16 heavy (non-hydrogen) atoms. The number of hydrogen-bond donors (Lipinski definition) is 2. The number of carbonyl (C=O) groups is 1. The highest BCUT2D eigenvalue weighted by molar-refractivity contribution is 5.77. The Hall–Kier alpha value is -2.35. The van der Waals surface area contributed by atoms with Gasteiger partial charge in [0.1, 0.15) is 17.8 Å². The summed E-state index contributed by atoms with van der Waals surface area (Å²) in [7, 11) is 0. The molecular weight excluding hydrogens is 206 g/mol. The Morgan fingerprint density at radius 1 is 1.75 bits per heavy atom. The van der Waals surface area contributed by atoms with Gasteiger partial charge in [0.25, 0.3) is 0 Å². The molecule has 1 atom stereocenters. The second-order valence-electron chi connectivity index (χ2n) is 3.10. The molecule has 0 aliphatic carbocycles. The van der Waals surface area contributed by atoms with E-state index in [0.29, 0.717) is 17.8 Å². The van der Waals surface area contributed by atoms with E-state index in [-0.39, 0.29) is 0 Å². The standard InChI is InChI=1S/C11H11N3O2/c1-2-3-10(11(15)16)14-9-5-4-8(6-12)13-7-9/h2,4-5,7,10,14H,1,3H2,(H,15,16). The smallest absolute Gasteiger partial charge is 0.326 e. The molecule has 0 spiro atoms. The van der Waals surface area contributed by atoms with E-state index in [1.165, 1.54) is 18.3 Å². The minimum Gasteiger partial charge on any atom is -0.480 e. The molecule has 1 rings (SSSR count). The van der Waals surface area contributed by atoms with Crippen LogP contribution in [-0.2, 0) is 4.79 Å². The van der Waals surface area contributed by atoms with Gasteiger partial charge in [0.05, 0.1) is 11.9 Å². The van der Waals surface area contributed by atoms with Crippen molar-refractivity contribution < 1.29 is 9.90 Å². The van der Waals surface area contributed by atoms with Gasteiger partial charge in [-0.1, -0.05) is 6.08 Å². The van der Waals surface area contributed by atoms with E-state index in [9.17, 15) is 4.79 Å². The van der Waals surface area contributed by atoms with Crippen molar-refractivity contribution in [3.05, 3.63) is 36.7 Å². The summed E-state index contributed by atoms with van der Waals surface area (Å²) < 4.78 is 0. The van der Waals surface area contributed by atoms with Crippen molar-refractivity contribution in [2.45, 2.75) is 12.5 Å². The van der Waals surface area contributed by atoms with Crippen LogP contribution in [0.15, 0.2) is 31.0 Å². The number of nitrogens with zero attached hydrogens (tertiary/aromatic N) is 2. The minimum atomic E-state index is -0.954. The Labute approximate surface area is 93.0 Å². The summed E-state index contributed by atoms with van der Waals surface area (Å²) in [6.45, 7) is 3.49. The molecule has 0 radical (unpaired) electrons. The molecule has 1 aromatic heterocycles. The first-order chi connectivity index (χ1) is 7.67. The second kappa shape index (κ2) is 5.51. The zero-order valence-electron chi connectivity index (χ0n) is 8.55. The van der Waals surface area contributed by atoms with Crippen molar-refractivity contribution in [2.75, 3.05) is 5.32 Å². The SMILES string of the molecule is C=CCC(Nc1ccc(C#N)nc1)C(=O)O. The Morgan fingerprint density at radius 2 is 2.50 bits per heavy atom. The van der Waals surface area contributed by atoms with Crippen LogP contribution in [0, 0.1) is 11.3 Å². The molecule has 2 N–H and O–H groups in total. The fraction of sp³-hybridized carbons (Fsp3) is 0.182. The van der Waals surface area contributed by atoms with Gasteiger partial charge in [-0.2, -0.15) is 5.26 Å². The molecule has 0 bridgehead atoms. The van der Waals surface area contributed by atoms with Crippen LogP contribution in [0.1, 0.15) is 12.1 Å². The van der Waals surface area contributed by atoms with Gasteiger partial charge in [-0.15, -0.1) is 6.58 Å². The molecule has 0 saturated carbocycles. The van der Waals surface area contributed by atoms with Gasteiger partial charge in [-0.3, -0.25) is 0 Å². The quantitative estimate of drug-likeness (QED) is 0.728. The van der Waals surface area contributed by atoms with Crippen LogP contribution >= 0.6 is 0 Å². The molecule has 1 heterocycles. The molecule has 1 aromatic rings. The highest BCUT2D eigenvalue weighted by Crippen LogP contribution is 2.09. The maximum atomic E-state index is 10.8. The van der Waals surface area contributed by atoms with Gasteiger partial charge in [0.2, 0.25) is 0 Å². The predicted octanol–water partition coefficient (Wildman–Crippen LogP) is 1.39. The summed E-state index contributed by atoms with van der Waals surface area (Å²) in [5.41, 5.74) is 0.856. The van der Waals surface area contributed by atoms with E-state index in [2.05, 4.69) is 16.9 Å². The van der Waals surface area contributed by atoms with E-state index >= 15 is 0 Å². The fourth-order valence-corrected chi connectivity index (χ4v) is 1.13. The number of aromatic nitrogens is 1. The molecule has 1 unspecified atom stereocenters. The van der Waals surface area contributed by atoms with Crippen LogP contribution in [0.5, 0.6) is 0 Å². The van der Waals surface area contributed by atoms with Crippen LogP contribution in [0.25, 0.3) is 0 Å². The number of nitrogens with one attached hydrogen (secondary N) is 1. The van der Waals surface area contributed by atoms with Gasteiger partial charge in [-0.25, -0.2) is 9.78 Å². The highest BCUT2D eigenvalue weighted by Gasteiger charge is 2.14. The summed E-state index contributed by atoms with van der Waals surface area (Å²) in [5.74, 6) is -0.954. The van der Waals surface area contributed by atoms with E-state index in [1.54, 1.807) is 6.07 Å². The van der Waals surface area contributed by atoms with Crippen LogP contribution in [-0.4, -0.2) is 22.1 Å². The van der Waals surface area contributed by atoms with Gasteiger partial charge >= 0.3 is 5.97 Å². The lowest BCUT2D eigenvalue weighted by atomic mass is 10.2. The largest absolute Gasteiger partial charge is 0.480 e. The van der Waals surface area contributed by atoms with E-state index < -0.39 is 12.0 Å². The summed E-state index contributed by atoms with van der Waals surface area (Å²) in [6.07, 6.45) is 3.27. The third kappa shape index (κ3) is 3.10.